The number of anilines is 1. The van der Waals surface area contributed by atoms with Crippen molar-refractivity contribution in [3.63, 3.8) is 0 Å². The van der Waals surface area contributed by atoms with E-state index in [2.05, 4.69) is 27.1 Å². The zero-order chi connectivity index (χ0) is 30.7. The summed E-state index contributed by atoms with van der Waals surface area (Å²) >= 11 is 0. The standard InChI is InChI=1S/C31H35F3N8O2/c1-39-12-14-41(15-13-39)30(43)24-6-4-23(5-7-24)27-37-28(35-10-11-40-16-18-44-19-17-40)26-29(38-27)42(21-36-26)20-22-2-8-25(9-3-22)31(32,33)34/h2-9,21H,10-20H2,1H3,(H,35,37,38). The van der Waals surface area contributed by atoms with Crippen molar-refractivity contribution >= 4 is 22.9 Å². The normalized spacial score (nSPS) is 16.9. The summed E-state index contributed by atoms with van der Waals surface area (Å²) in [4.78, 5) is 33.7. The molecule has 1 N–H and O–H groups in total. The number of amides is 1. The number of carbonyl (C=O) groups is 1. The van der Waals surface area contributed by atoms with E-state index < -0.39 is 11.7 Å². The van der Waals surface area contributed by atoms with Crippen LogP contribution >= 0.6 is 0 Å². The van der Waals surface area contributed by atoms with Gasteiger partial charge in [0, 0.05) is 63.5 Å². The molecule has 44 heavy (non-hydrogen) atoms. The molecule has 232 valence electrons. The smallest absolute Gasteiger partial charge is 0.379 e. The van der Waals surface area contributed by atoms with Gasteiger partial charge in [-0.05, 0) is 36.9 Å². The Morgan fingerprint density at radius 2 is 1.64 bits per heavy atom. The minimum atomic E-state index is -4.39. The summed E-state index contributed by atoms with van der Waals surface area (Å²) in [6, 6.07) is 12.4. The number of hydrogen-bond donors (Lipinski definition) is 1. The molecule has 2 saturated heterocycles. The molecule has 0 atom stereocenters. The zero-order valence-electron chi connectivity index (χ0n) is 24.6. The zero-order valence-corrected chi connectivity index (χ0v) is 24.6. The Bertz CT molecular complexity index is 1580. The van der Waals surface area contributed by atoms with Crippen molar-refractivity contribution < 1.29 is 22.7 Å². The maximum atomic E-state index is 13.1. The van der Waals surface area contributed by atoms with Crippen LogP contribution in [0.1, 0.15) is 21.5 Å². The largest absolute Gasteiger partial charge is 0.416 e. The van der Waals surface area contributed by atoms with Gasteiger partial charge in [-0.25, -0.2) is 15.0 Å². The fraction of sp³-hybridized carbons (Fsp3) is 0.419. The van der Waals surface area contributed by atoms with Crippen LogP contribution in [0, 0.1) is 0 Å². The third-order valence-electron chi connectivity index (χ3n) is 8.10. The summed E-state index contributed by atoms with van der Waals surface area (Å²) in [6.45, 7) is 7.97. The predicted molar refractivity (Wildman–Crippen MR) is 160 cm³/mol. The molecule has 2 fully saturated rings. The lowest BCUT2D eigenvalue weighted by atomic mass is 10.1. The second-order valence-corrected chi connectivity index (χ2v) is 11.2. The van der Waals surface area contributed by atoms with Crippen molar-refractivity contribution in [1.29, 1.82) is 0 Å². The van der Waals surface area contributed by atoms with Gasteiger partial charge in [0.2, 0.25) is 0 Å². The molecule has 10 nitrogen and oxygen atoms in total. The van der Waals surface area contributed by atoms with Crippen molar-refractivity contribution in [1.82, 2.24) is 34.2 Å². The first-order valence-electron chi connectivity index (χ1n) is 14.8. The van der Waals surface area contributed by atoms with Gasteiger partial charge in [-0.15, -0.1) is 0 Å². The van der Waals surface area contributed by atoms with E-state index in [1.807, 2.05) is 21.6 Å². The van der Waals surface area contributed by atoms with E-state index in [0.717, 1.165) is 50.4 Å². The molecule has 0 saturated carbocycles. The number of nitrogens with one attached hydrogen (secondary N) is 1. The lowest BCUT2D eigenvalue weighted by molar-refractivity contribution is -0.137. The topological polar surface area (TPSA) is 91.6 Å². The number of hydrogen-bond acceptors (Lipinski definition) is 8. The van der Waals surface area contributed by atoms with Gasteiger partial charge in [-0.1, -0.05) is 24.3 Å². The maximum Gasteiger partial charge on any atom is 0.416 e. The predicted octanol–water partition coefficient (Wildman–Crippen LogP) is 3.69. The summed E-state index contributed by atoms with van der Waals surface area (Å²) in [7, 11) is 2.05. The van der Waals surface area contributed by atoms with E-state index in [-0.39, 0.29) is 12.5 Å². The first-order chi connectivity index (χ1) is 21.2. The molecule has 0 bridgehead atoms. The number of likely N-dealkylation sites (N-methyl/N-ethyl adjacent to an activating group) is 1. The monoisotopic (exact) mass is 608 g/mol. The molecular weight excluding hydrogens is 573 g/mol. The van der Waals surface area contributed by atoms with Crippen LogP contribution in [0.3, 0.4) is 0 Å². The number of fused-ring (bicyclic) bond motifs is 1. The SMILES string of the molecule is CN1CCN(C(=O)c2ccc(-c3nc(NCCN4CCOCC4)c4ncn(Cc5ccc(C(F)(F)F)cc5)c4n3)cc2)CC1. The number of alkyl halides is 3. The van der Waals surface area contributed by atoms with Gasteiger partial charge >= 0.3 is 6.18 Å². The van der Waals surface area contributed by atoms with Gasteiger partial charge in [-0.2, -0.15) is 13.2 Å². The van der Waals surface area contributed by atoms with E-state index >= 15 is 0 Å². The van der Waals surface area contributed by atoms with Crippen molar-refractivity contribution in [3.8, 4) is 11.4 Å². The van der Waals surface area contributed by atoms with Crippen LogP contribution in [0.4, 0.5) is 19.0 Å². The number of aromatic nitrogens is 4. The number of imidazole rings is 1. The number of halogens is 3. The highest BCUT2D eigenvalue weighted by atomic mass is 19.4. The van der Waals surface area contributed by atoms with Gasteiger partial charge in [0.15, 0.2) is 17.3 Å². The van der Waals surface area contributed by atoms with Gasteiger partial charge in [0.05, 0.1) is 31.6 Å². The summed E-state index contributed by atoms with van der Waals surface area (Å²) in [5.74, 6) is 1.03. The van der Waals surface area contributed by atoms with E-state index in [1.165, 1.54) is 12.1 Å². The first kappa shape index (κ1) is 30.0. The Labute approximate surface area is 253 Å². The van der Waals surface area contributed by atoms with Crippen molar-refractivity contribution in [2.24, 2.45) is 0 Å². The fourth-order valence-corrected chi connectivity index (χ4v) is 5.42. The Morgan fingerprint density at radius 1 is 0.932 bits per heavy atom. The maximum absolute atomic E-state index is 13.1. The second kappa shape index (κ2) is 12.9. The van der Waals surface area contributed by atoms with Crippen LogP contribution in [0.2, 0.25) is 0 Å². The molecule has 0 spiro atoms. The molecule has 0 radical (unpaired) electrons. The van der Waals surface area contributed by atoms with Crippen LogP contribution < -0.4 is 5.32 Å². The summed E-state index contributed by atoms with van der Waals surface area (Å²) in [5.41, 5.74) is 2.47. The summed E-state index contributed by atoms with van der Waals surface area (Å²) in [5, 5.41) is 3.42. The highest BCUT2D eigenvalue weighted by molar-refractivity contribution is 5.95. The first-order valence-corrected chi connectivity index (χ1v) is 14.8. The average molecular weight is 609 g/mol. The Kier molecular flexibility index (Phi) is 8.78. The number of ether oxygens (including phenoxy) is 1. The fourth-order valence-electron chi connectivity index (χ4n) is 5.42. The Hall–Kier alpha value is -4.07. The van der Waals surface area contributed by atoms with Gasteiger partial charge in [-0.3, -0.25) is 9.69 Å². The highest BCUT2D eigenvalue weighted by Gasteiger charge is 2.30. The van der Waals surface area contributed by atoms with Crippen LogP contribution in [0.25, 0.3) is 22.6 Å². The van der Waals surface area contributed by atoms with Crippen LogP contribution in [0.5, 0.6) is 0 Å². The molecule has 6 rings (SSSR count). The molecule has 2 aliphatic heterocycles. The van der Waals surface area contributed by atoms with Crippen molar-refractivity contribution in [2.75, 3.05) is 77.9 Å². The molecule has 2 aromatic heterocycles. The third-order valence-corrected chi connectivity index (χ3v) is 8.10. The van der Waals surface area contributed by atoms with E-state index in [0.29, 0.717) is 66.8 Å². The van der Waals surface area contributed by atoms with E-state index in [9.17, 15) is 18.0 Å². The Balaban J connectivity index is 1.27. The molecule has 1 amide bonds. The molecule has 0 aliphatic carbocycles. The Morgan fingerprint density at radius 3 is 2.32 bits per heavy atom. The van der Waals surface area contributed by atoms with Crippen molar-refractivity contribution in [3.05, 3.63) is 71.5 Å². The molecule has 2 aromatic carbocycles. The quantitative estimate of drug-likeness (QED) is 0.324. The van der Waals surface area contributed by atoms with Crippen LogP contribution in [0.15, 0.2) is 54.9 Å². The molecule has 4 aromatic rings. The lowest BCUT2D eigenvalue weighted by Crippen LogP contribution is -2.47. The number of piperazine rings is 1. The molecule has 0 unspecified atom stereocenters. The molecular formula is C31H35F3N8O2. The van der Waals surface area contributed by atoms with E-state index in [1.54, 1.807) is 18.5 Å². The molecule has 2 aliphatic rings. The lowest BCUT2D eigenvalue weighted by Gasteiger charge is -2.32. The molecule has 4 heterocycles. The minimum absolute atomic E-state index is 0.00102. The van der Waals surface area contributed by atoms with Gasteiger partial charge in [0.25, 0.3) is 5.91 Å². The third kappa shape index (κ3) is 6.85. The van der Waals surface area contributed by atoms with Gasteiger partial charge in [0.1, 0.15) is 5.52 Å². The van der Waals surface area contributed by atoms with Crippen molar-refractivity contribution in [2.45, 2.75) is 12.7 Å². The highest BCUT2D eigenvalue weighted by Crippen LogP contribution is 2.30. The molecule has 13 heteroatoms. The number of carbonyl (C=O) groups excluding carboxylic acids is 1. The number of morpholine rings is 1. The number of rotatable bonds is 8. The minimum Gasteiger partial charge on any atom is -0.379 e. The van der Waals surface area contributed by atoms with Gasteiger partial charge < -0.3 is 24.4 Å². The number of nitrogens with zero attached hydrogens (tertiary/aromatic N) is 7. The number of benzene rings is 2. The summed E-state index contributed by atoms with van der Waals surface area (Å²) < 4.78 is 46.5. The second-order valence-electron chi connectivity index (χ2n) is 11.2. The van der Waals surface area contributed by atoms with Crippen LogP contribution in [-0.2, 0) is 17.5 Å². The van der Waals surface area contributed by atoms with E-state index in [4.69, 9.17) is 14.7 Å². The average Bonchev–Trinajstić information content (AvgIpc) is 3.44. The summed E-state index contributed by atoms with van der Waals surface area (Å²) in [6.07, 6.45) is -2.76. The van der Waals surface area contributed by atoms with Crippen LogP contribution in [-0.4, -0.2) is 113 Å².